The molecule has 0 spiro atoms. The van der Waals surface area contributed by atoms with Crippen LogP contribution in [0.2, 0.25) is 0 Å². The molecule has 0 heterocycles. The van der Waals surface area contributed by atoms with Crippen LogP contribution in [0, 0.1) is 32.1 Å². The summed E-state index contributed by atoms with van der Waals surface area (Å²) in [6.45, 7) is 15.5. The summed E-state index contributed by atoms with van der Waals surface area (Å²) in [5.41, 5.74) is 5.59. The van der Waals surface area contributed by atoms with E-state index in [9.17, 15) is 5.11 Å². The lowest BCUT2D eigenvalue weighted by molar-refractivity contribution is 0.132. The Bertz CT molecular complexity index is 417. The van der Waals surface area contributed by atoms with Crippen molar-refractivity contribution in [1.82, 2.24) is 0 Å². The van der Waals surface area contributed by atoms with Crippen molar-refractivity contribution in [3.8, 4) is 0 Å². The molecule has 0 radical (unpaired) electrons. The zero-order valence-corrected chi connectivity index (χ0v) is 14.4. The maximum atomic E-state index is 10.4. The first-order valence-corrected chi connectivity index (χ1v) is 7.83. The Morgan fingerprint density at radius 2 is 1.55 bits per heavy atom. The zero-order valence-electron chi connectivity index (χ0n) is 14.4. The highest BCUT2D eigenvalue weighted by atomic mass is 16.3. The van der Waals surface area contributed by atoms with Crippen molar-refractivity contribution in [2.24, 2.45) is 11.3 Å². The molecule has 2 unspecified atom stereocenters. The fourth-order valence-corrected chi connectivity index (χ4v) is 3.44. The lowest BCUT2D eigenvalue weighted by atomic mass is 9.82. The molecule has 1 aromatic carbocycles. The molecular formula is C19H32O. The molecule has 0 aliphatic rings. The predicted molar refractivity (Wildman–Crippen MR) is 88.2 cm³/mol. The van der Waals surface area contributed by atoms with Gasteiger partial charge in [-0.15, -0.1) is 0 Å². The van der Waals surface area contributed by atoms with Gasteiger partial charge in [0.15, 0.2) is 0 Å². The monoisotopic (exact) mass is 276 g/mol. The molecule has 0 fully saturated rings. The van der Waals surface area contributed by atoms with E-state index in [1.807, 2.05) is 0 Å². The number of benzene rings is 1. The fraction of sp³-hybridized carbons (Fsp3) is 0.684. The van der Waals surface area contributed by atoms with Crippen molar-refractivity contribution in [3.05, 3.63) is 34.4 Å². The van der Waals surface area contributed by atoms with Crippen molar-refractivity contribution >= 4 is 0 Å². The Morgan fingerprint density at radius 3 is 2.00 bits per heavy atom. The van der Waals surface area contributed by atoms with E-state index in [4.69, 9.17) is 0 Å². The molecule has 0 aliphatic heterocycles. The van der Waals surface area contributed by atoms with Crippen molar-refractivity contribution in [2.45, 2.75) is 73.8 Å². The lowest BCUT2D eigenvalue weighted by Gasteiger charge is -2.25. The average molecular weight is 276 g/mol. The second-order valence-electron chi connectivity index (χ2n) is 7.84. The molecule has 0 aliphatic carbocycles. The van der Waals surface area contributed by atoms with Crippen molar-refractivity contribution in [2.75, 3.05) is 0 Å². The fourth-order valence-electron chi connectivity index (χ4n) is 3.44. The Hall–Kier alpha value is -0.820. The second-order valence-corrected chi connectivity index (χ2v) is 7.84. The Morgan fingerprint density at radius 1 is 1.05 bits per heavy atom. The number of aryl methyl sites for hydroxylation is 3. The standard InChI is InChI=1S/C19H32O/c1-13-8-15(3)18(16(4)9-13)11-17(20)10-14(2)12-19(5,6)7/h8-9,14,17,20H,10-12H2,1-7H3. The van der Waals surface area contributed by atoms with E-state index in [-0.39, 0.29) is 6.10 Å². The third-order valence-corrected chi connectivity index (χ3v) is 3.92. The first kappa shape index (κ1) is 17.2. The van der Waals surface area contributed by atoms with Gasteiger partial charge in [0.2, 0.25) is 0 Å². The van der Waals surface area contributed by atoms with Gasteiger partial charge >= 0.3 is 0 Å². The smallest absolute Gasteiger partial charge is 0.0583 e. The SMILES string of the molecule is Cc1cc(C)c(CC(O)CC(C)CC(C)(C)C)c(C)c1. The van der Waals surface area contributed by atoms with E-state index in [2.05, 4.69) is 60.6 Å². The Labute approximate surface area is 125 Å². The van der Waals surface area contributed by atoms with Gasteiger partial charge in [-0.3, -0.25) is 0 Å². The molecule has 1 nitrogen and oxygen atoms in total. The van der Waals surface area contributed by atoms with Crippen molar-refractivity contribution in [3.63, 3.8) is 0 Å². The summed E-state index contributed by atoms with van der Waals surface area (Å²) >= 11 is 0. The van der Waals surface area contributed by atoms with Crippen molar-refractivity contribution < 1.29 is 5.11 Å². The second kappa shape index (κ2) is 6.76. The molecule has 0 amide bonds. The highest BCUT2D eigenvalue weighted by Crippen LogP contribution is 2.28. The summed E-state index contributed by atoms with van der Waals surface area (Å²) < 4.78 is 0. The Kier molecular flexibility index (Phi) is 5.82. The van der Waals surface area contributed by atoms with Crippen LogP contribution in [0.4, 0.5) is 0 Å². The maximum Gasteiger partial charge on any atom is 0.0583 e. The van der Waals surface area contributed by atoms with Gasteiger partial charge < -0.3 is 5.11 Å². The summed E-state index contributed by atoms with van der Waals surface area (Å²) in [5, 5.41) is 10.4. The number of aliphatic hydroxyl groups is 1. The molecular weight excluding hydrogens is 244 g/mol. The summed E-state index contributed by atoms with van der Waals surface area (Å²) in [6, 6.07) is 4.43. The van der Waals surface area contributed by atoms with Gasteiger partial charge in [0, 0.05) is 0 Å². The van der Waals surface area contributed by atoms with Crippen LogP contribution in [0.5, 0.6) is 0 Å². The highest BCUT2D eigenvalue weighted by molar-refractivity contribution is 5.37. The molecule has 2 atom stereocenters. The molecule has 20 heavy (non-hydrogen) atoms. The van der Waals surface area contributed by atoms with Crippen LogP contribution in [-0.4, -0.2) is 11.2 Å². The summed E-state index contributed by atoms with van der Waals surface area (Å²) in [5.74, 6) is 0.566. The minimum absolute atomic E-state index is 0.229. The molecule has 0 aromatic heterocycles. The van der Waals surface area contributed by atoms with Gasteiger partial charge in [0.1, 0.15) is 0 Å². The van der Waals surface area contributed by atoms with Crippen molar-refractivity contribution in [1.29, 1.82) is 0 Å². The summed E-state index contributed by atoms with van der Waals surface area (Å²) in [4.78, 5) is 0. The number of rotatable bonds is 5. The number of aliphatic hydroxyl groups excluding tert-OH is 1. The third-order valence-electron chi connectivity index (χ3n) is 3.92. The van der Waals surface area contributed by atoms with Crippen LogP contribution in [0.25, 0.3) is 0 Å². The van der Waals surface area contributed by atoms with Gasteiger partial charge in [0.25, 0.3) is 0 Å². The van der Waals surface area contributed by atoms with Gasteiger partial charge in [-0.25, -0.2) is 0 Å². The third kappa shape index (κ3) is 5.66. The first-order valence-electron chi connectivity index (χ1n) is 7.83. The minimum atomic E-state index is -0.229. The lowest BCUT2D eigenvalue weighted by Crippen LogP contribution is -2.19. The molecule has 1 aromatic rings. The number of hydrogen-bond donors (Lipinski definition) is 1. The molecule has 0 saturated heterocycles. The maximum absolute atomic E-state index is 10.4. The topological polar surface area (TPSA) is 20.2 Å². The highest BCUT2D eigenvalue weighted by Gasteiger charge is 2.19. The molecule has 1 rings (SSSR count). The largest absolute Gasteiger partial charge is 0.393 e. The van der Waals surface area contributed by atoms with Crippen LogP contribution in [0.15, 0.2) is 12.1 Å². The quantitative estimate of drug-likeness (QED) is 0.804. The molecule has 1 heteroatoms. The van der Waals surface area contributed by atoms with Gasteiger partial charge in [-0.2, -0.15) is 0 Å². The van der Waals surface area contributed by atoms with E-state index >= 15 is 0 Å². The van der Waals surface area contributed by atoms with Crippen LogP contribution < -0.4 is 0 Å². The average Bonchev–Trinajstić information content (AvgIpc) is 2.20. The first-order chi connectivity index (χ1) is 9.08. The molecule has 0 bridgehead atoms. The number of hydrogen-bond acceptors (Lipinski definition) is 1. The van der Waals surface area contributed by atoms with E-state index in [1.165, 1.54) is 22.3 Å². The minimum Gasteiger partial charge on any atom is -0.393 e. The van der Waals surface area contributed by atoms with Gasteiger partial charge in [0.05, 0.1) is 6.10 Å². The molecule has 1 N–H and O–H groups in total. The summed E-state index contributed by atoms with van der Waals surface area (Å²) in [6.07, 6.45) is 2.61. The van der Waals surface area contributed by atoms with E-state index in [1.54, 1.807) is 0 Å². The van der Waals surface area contributed by atoms with E-state index in [0.29, 0.717) is 11.3 Å². The van der Waals surface area contributed by atoms with Crippen LogP contribution >= 0.6 is 0 Å². The Balaban J connectivity index is 2.65. The van der Waals surface area contributed by atoms with Gasteiger partial charge in [-0.1, -0.05) is 45.4 Å². The van der Waals surface area contributed by atoms with Gasteiger partial charge in [-0.05, 0) is 68.1 Å². The molecule has 114 valence electrons. The normalized spacial score (nSPS) is 15.2. The van der Waals surface area contributed by atoms with Crippen LogP contribution in [0.1, 0.15) is 62.8 Å². The van der Waals surface area contributed by atoms with Crippen LogP contribution in [-0.2, 0) is 6.42 Å². The van der Waals surface area contributed by atoms with Crippen LogP contribution in [0.3, 0.4) is 0 Å². The van der Waals surface area contributed by atoms with E-state index < -0.39 is 0 Å². The zero-order chi connectivity index (χ0) is 15.5. The predicted octanol–water partition coefficient (Wildman–Crippen LogP) is 4.98. The molecule has 0 saturated carbocycles. The summed E-state index contributed by atoms with van der Waals surface area (Å²) in [7, 11) is 0. The van der Waals surface area contributed by atoms with E-state index in [0.717, 1.165) is 19.3 Å².